The van der Waals surface area contributed by atoms with Crippen LogP contribution < -0.4 is 5.73 Å². The molecule has 0 aliphatic rings. The molecule has 0 aliphatic heterocycles. The fraction of sp³-hybridized carbons (Fsp3) is 0.100. The second-order valence-electron chi connectivity index (χ2n) is 3.02. The number of hydrogen-bond donors (Lipinski definition) is 2. The van der Waals surface area contributed by atoms with Crippen LogP contribution in [0.15, 0.2) is 30.5 Å². The first kappa shape index (κ1) is 7.86. The fourth-order valence-corrected chi connectivity index (χ4v) is 1.34. The average molecular weight is 173 g/mol. The van der Waals surface area contributed by atoms with E-state index in [2.05, 4.69) is 10.2 Å². The van der Waals surface area contributed by atoms with E-state index in [1.54, 1.807) is 6.20 Å². The van der Waals surface area contributed by atoms with Crippen molar-refractivity contribution < 1.29 is 0 Å². The maximum Gasteiger partial charge on any atom is 0.0699 e. The van der Waals surface area contributed by atoms with Gasteiger partial charge >= 0.3 is 0 Å². The molecule has 3 nitrogen and oxygen atoms in total. The number of rotatable bonds is 1. The summed E-state index contributed by atoms with van der Waals surface area (Å²) in [6.07, 6.45) is 1.79. The molecule has 3 N–H and O–H groups in total. The zero-order valence-corrected chi connectivity index (χ0v) is 7.41. The van der Waals surface area contributed by atoms with E-state index < -0.39 is 0 Å². The summed E-state index contributed by atoms with van der Waals surface area (Å²) in [5, 5.41) is 6.89. The summed E-state index contributed by atoms with van der Waals surface area (Å²) < 4.78 is 0. The van der Waals surface area contributed by atoms with Crippen LogP contribution >= 0.6 is 0 Å². The first-order valence-electron chi connectivity index (χ1n) is 4.14. The number of para-hydroxylation sites is 1. The highest BCUT2D eigenvalue weighted by atomic mass is 15.1. The third kappa shape index (κ3) is 1.28. The lowest BCUT2D eigenvalue weighted by Crippen LogP contribution is -1.90. The van der Waals surface area contributed by atoms with Gasteiger partial charge in [-0.25, -0.2) is 0 Å². The van der Waals surface area contributed by atoms with Gasteiger partial charge in [-0.05, 0) is 18.6 Å². The molecule has 0 bridgehead atoms. The van der Waals surface area contributed by atoms with Crippen molar-refractivity contribution in [3.8, 4) is 11.3 Å². The SMILES string of the molecule is Cc1cn[nH]c1-c1ccccc1N. The van der Waals surface area contributed by atoms with Gasteiger partial charge < -0.3 is 5.73 Å². The second kappa shape index (κ2) is 2.94. The predicted molar refractivity (Wildman–Crippen MR) is 53.2 cm³/mol. The Bertz CT molecular complexity index is 418. The van der Waals surface area contributed by atoms with E-state index in [1.165, 1.54) is 0 Å². The quantitative estimate of drug-likeness (QED) is 0.648. The smallest absolute Gasteiger partial charge is 0.0699 e. The molecule has 0 aliphatic carbocycles. The van der Waals surface area contributed by atoms with Crippen molar-refractivity contribution in [1.29, 1.82) is 0 Å². The minimum Gasteiger partial charge on any atom is -0.398 e. The highest BCUT2D eigenvalue weighted by Crippen LogP contribution is 2.25. The Morgan fingerprint density at radius 3 is 2.69 bits per heavy atom. The van der Waals surface area contributed by atoms with E-state index in [4.69, 9.17) is 5.73 Å². The molecule has 1 heterocycles. The molecule has 0 saturated carbocycles. The Labute approximate surface area is 76.6 Å². The number of nitrogens with zero attached hydrogens (tertiary/aromatic N) is 1. The number of hydrogen-bond acceptors (Lipinski definition) is 2. The lowest BCUT2D eigenvalue weighted by atomic mass is 10.1. The van der Waals surface area contributed by atoms with E-state index in [-0.39, 0.29) is 0 Å². The van der Waals surface area contributed by atoms with E-state index in [9.17, 15) is 0 Å². The van der Waals surface area contributed by atoms with E-state index >= 15 is 0 Å². The van der Waals surface area contributed by atoms with Gasteiger partial charge in [0.1, 0.15) is 0 Å². The molecule has 2 aromatic rings. The molecule has 0 fully saturated rings. The summed E-state index contributed by atoms with van der Waals surface area (Å²) in [4.78, 5) is 0. The third-order valence-corrected chi connectivity index (χ3v) is 2.06. The summed E-state index contributed by atoms with van der Waals surface area (Å²) in [5.41, 5.74) is 9.72. The van der Waals surface area contributed by atoms with Crippen LogP contribution in [0, 0.1) is 6.92 Å². The maximum atomic E-state index is 5.83. The van der Waals surface area contributed by atoms with Crippen LogP contribution in [0.2, 0.25) is 0 Å². The number of H-pyrrole nitrogens is 1. The van der Waals surface area contributed by atoms with Gasteiger partial charge in [-0.3, -0.25) is 5.10 Å². The van der Waals surface area contributed by atoms with Crippen LogP contribution in [0.1, 0.15) is 5.56 Å². The van der Waals surface area contributed by atoms with E-state index in [0.717, 1.165) is 22.5 Å². The molecule has 0 radical (unpaired) electrons. The summed E-state index contributed by atoms with van der Waals surface area (Å²) in [6.45, 7) is 2.01. The van der Waals surface area contributed by atoms with Gasteiger partial charge in [0.05, 0.1) is 11.9 Å². The van der Waals surface area contributed by atoms with Crippen LogP contribution in [0.3, 0.4) is 0 Å². The minimum atomic E-state index is 0.773. The molecule has 66 valence electrons. The summed E-state index contributed by atoms with van der Waals surface area (Å²) in [5.74, 6) is 0. The molecule has 2 rings (SSSR count). The molecule has 0 saturated heterocycles. The van der Waals surface area contributed by atoms with Crippen molar-refractivity contribution in [2.45, 2.75) is 6.92 Å². The van der Waals surface area contributed by atoms with Gasteiger partial charge in [-0.15, -0.1) is 0 Å². The van der Waals surface area contributed by atoms with Gasteiger partial charge in [0.15, 0.2) is 0 Å². The molecule has 1 aromatic carbocycles. The highest BCUT2D eigenvalue weighted by Gasteiger charge is 2.05. The maximum absolute atomic E-state index is 5.83. The van der Waals surface area contributed by atoms with Gasteiger partial charge in [-0.1, -0.05) is 18.2 Å². The summed E-state index contributed by atoms with van der Waals surface area (Å²) >= 11 is 0. The second-order valence-corrected chi connectivity index (χ2v) is 3.02. The topological polar surface area (TPSA) is 54.7 Å². The van der Waals surface area contributed by atoms with Crippen LogP contribution in [0.25, 0.3) is 11.3 Å². The Morgan fingerprint density at radius 1 is 1.31 bits per heavy atom. The van der Waals surface area contributed by atoms with Crippen molar-refractivity contribution >= 4 is 5.69 Å². The largest absolute Gasteiger partial charge is 0.398 e. The van der Waals surface area contributed by atoms with Crippen molar-refractivity contribution in [3.63, 3.8) is 0 Å². The normalized spacial score (nSPS) is 10.2. The number of benzene rings is 1. The molecule has 0 spiro atoms. The summed E-state index contributed by atoms with van der Waals surface area (Å²) in [7, 11) is 0. The summed E-state index contributed by atoms with van der Waals surface area (Å²) in [6, 6.07) is 7.75. The molecule has 1 aromatic heterocycles. The first-order chi connectivity index (χ1) is 6.29. The standard InChI is InChI=1S/C10H11N3/c1-7-6-12-13-10(7)8-4-2-3-5-9(8)11/h2-6H,11H2,1H3,(H,12,13). The van der Waals surface area contributed by atoms with Crippen LogP contribution in [0.4, 0.5) is 5.69 Å². The average Bonchev–Trinajstić information content (AvgIpc) is 2.52. The van der Waals surface area contributed by atoms with Gasteiger partial charge in [0.25, 0.3) is 0 Å². The monoisotopic (exact) mass is 173 g/mol. The number of nitrogen functional groups attached to an aromatic ring is 1. The van der Waals surface area contributed by atoms with Crippen LogP contribution in [-0.4, -0.2) is 10.2 Å². The number of nitrogens with one attached hydrogen (secondary N) is 1. The molecule has 3 heteroatoms. The first-order valence-corrected chi connectivity index (χ1v) is 4.14. The van der Waals surface area contributed by atoms with Crippen molar-refractivity contribution in [2.75, 3.05) is 5.73 Å². The molecule has 0 atom stereocenters. The van der Waals surface area contributed by atoms with E-state index in [1.807, 2.05) is 31.2 Å². The molecule has 13 heavy (non-hydrogen) atoms. The molecular formula is C10H11N3. The zero-order valence-electron chi connectivity index (χ0n) is 7.41. The number of nitrogens with two attached hydrogens (primary N) is 1. The lowest BCUT2D eigenvalue weighted by Gasteiger charge is -2.02. The van der Waals surface area contributed by atoms with Crippen molar-refractivity contribution in [2.24, 2.45) is 0 Å². The van der Waals surface area contributed by atoms with Gasteiger partial charge in [0.2, 0.25) is 0 Å². The number of aryl methyl sites for hydroxylation is 1. The van der Waals surface area contributed by atoms with Crippen LogP contribution in [-0.2, 0) is 0 Å². The van der Waals surface area contributed by atoms with Gasteiger partial charge in [-0.2, -0.15) is 5.10 Å². The van der Waals surface area contributed by atoms with Crippen molar-refractivity contribution in [3.05, 3.63) is 36.0 Å². The Hall–Kier alpha value is -1.77. The van der Waals surface area contributed by atoms with E-state index in [0.29, 0.717) is 0 Å². The van der Waals surface area contributed by atoms with Crippen molar-refractivity contribution in [1.82, 2.24) is 10.2 Å². The minimum absolute atomic E-state index is 0.773. The molecular weight excluding hydrogens is 162 g/mol. The third-order valence-electron chi connectivity index (χ3n) is 2.06. The lowest BCUT2D eigenvalue weighted by molar-refractivity contribution is 1.10. The van der Waals surface area contributed by atoms with Gasteiger partial charge in [0, 0.05) is 11.3 Å². The number of aromatic nitrogens is 2. The molecule has 0 unspecified atom stereocenters. The van der Waals surface area contributed by atoms with Crippen LogP contribution in [0.5, 0.6) is 0 Å². The Balaban J connectivity index is 2.59. The fourth-order valence-electron chi connectivity index (χ4n) is 1.34. The predicted octanol–water partition coefficient (Wildman–Crippen LogP) is 1.97. The Morgan fingerprint density at radius 2 is 2.08 bits per heavy atom. The zero-order chi connectivity index (χ0) is 9.26. The molecule has 0 amide bonds. The highest BCUT2D eigenvalue weighted by molar-refractivity contribution is 5.75. The number of anilines is 1. The number of aromatic amines is 1. The Kier molecular flexibility index (Phi) is 1.77.